The summed E-state index contributed by atoms with van der Waals surface area (Å²) >= 11 is 0. The van der Waals surface area contributed by atoms with Crippen LogP contribution in [-0.4, -0.2) is 26.1 Å². The van der Waals surface area contributed by atoms with Gasteiger partial charge < -0.3 is 4.84 Å². The lowest BCUT2D eigenvalue weighted by Crippen LogP contribution is -2.21. The van der Waals surface area contributed by atoms with Gasteiger partial charge in [-0.15, -0.1) is 5.10 Å². The van der Waals surface area contributed by atoms with Crippen LogP contribution < -0.4 is 4.84 Å². The Labute approximate surface area is 85.5 Å². The van der Waals surface area contributed by atoms with Gasteiger partial charge in [0.25, 0.3) is 0 Å². The minimum atomic E-state index is -0.508. The fourth-order valence-corrected chi connectivity index (χ4v) is 1.08. The largest absolute Gasteiger partial charge is 0.367 e. The zero-order chi connectivity index (χ0) is 10.7. The summed E-state index contributed by atoms with van der Waals surface area (Å²) < 4.78 is 0. The molecule has 2 heterocycles. The first-order chi connectivity index (χ1) is 7.27. The normalized spacial score (nSPS) is 9.93. The van der Waals surface area contributed by atoms with Gasteiger partial charge in [-0.2, -0.15) is 0 Å². The Kier molecular flexibility index (Phi) is 2.40. The lowest BCUT2D eigenvalue weighted by atomic mass is 10.2. The highest BCUT2D eigenvalue weighted by molar-refractivity contribution is 5.90. The third-order valence-corrected chi connectivity index (χ3v) is 1.80. The molecule has 0 aromatic carbocycles. The minimum absolute atomic E-state index is 0.410. The standard InChI is InChI=1S/C9H8N4O2/c1-7-8(3-2-4-10-7)9(14)15-13-6-5-11-12-13/h2-6H,1H3. The van der Waals surface area contributed by atoms with Crippen molar-refractivity contribution >= 4 is 5.97 Å². The molecule has 15 heavy (non-hydrogen) atoms. The van der Waals surface area contributed by atoms with E-state index in [9.17, 15) is 4.79 Å². The van der Waals surface area contributed by atoms with E-state index in [2.05, 4.69) is 15.3 Å². The monoisotopic (exact) mass is 204 g/mol. The average Bonchev–Trinajstić information content (AvgIpc) is 2.71. The summed E-state index contributed by atoms with van der Waals surface area (Å²) in [5.74, 6) is -0.508. The fraction of sp³-hybridized carbons (Fsp3) is 0.111. The maximum atomic E-state index is 11.6. The highest BCUT2D eigenvalue weighted by Gasteiger charge is 2.11. The van der Waals surface area contributed by atoms with Gasteiger partial charge in [-0.3, -0.25) is 4.98 Å². The van der Waals surface area contributed by atoms with Gasteiger partial charge in [-0.05, 0) is 24.3 Å². The molecule has 0 aliphatic rings. The molecule has 2 rings (SSSR count). The number of aryl methyl sites for hydroxylation is 1. The third-order valence-electron chi connectivity index (χ3n) is 1.80. The van der Waals surface area contributed by atoms with Gasteiger partial charge in [0.05, 0.1) is 23.7 Å². The van der Waals surface area contributed by atoms with E-state index >= 15 is 0 Å². The summed E-state index contributed by atoms with van der Waals surface area (Å²) in [6.07, 6.45) is 4.47. The van der Waals surface area contributed by atoms with Gasteiger partial charge in [0.2, 0.25) is 0 Å². The molecular formula is C9H8N4O2. The van der Waals surface area contributed by atoms with Crippen LogP contribution in [0.1, 0.15) is 16.1 Å². The topological polar surface area (TPSA) is 69.9 Å². The van der Waals surface area contributed by atoms with E-state index in [4.69, 9.17) is 4.84 Å². The van der Waals surface area contributed by atoms with Gasteiger partial charge in [0.1, 0.15) is 0 Å². The second kappa shape index (κ2) is 3.87. The summed E-state index contributed by atoms with van der Waals surface area (Å²) in [6, 6.07) is 3.31. The smallest absolute Gasteiger partial charge is 0.312 e. The summed E-state index contributed by atoms with van der Waals surface area (Å²) in [5.41, 5.74) is 1.02. The van der Waals surface area contributed by atoms with Crippen LogP contribution >= 0.6 is 0 Å². The number of hydrogen-bond acceptors (Lipinski definition) is 5. The van der Waals surface area contributed by atoms with Crippen LogP contribution in [0.3, 0.4) is 0 Å². The maximum absolute atomic E-state index is 11.6. The molecule has 76 valence electrons. The van der Waals surface area contributed by atoms with Crippen LogP contribution in [0.2, 0.25) is 0 Å². The van der Waals surface area contributed by atoms with Crippen molar-refractivity contribution in [1.29, 1.82) is 0 Å². The zero-order valence-corrected chi connectivity index (χ0v) is 7.99. The fourth-order valence-electron chi connectivity index (χ4n) is 1.08. The van der Waals surface area contributed by atoms with Gasteiger partial charge in [-0.25, -0.2) is 4.79 Å². The van der Waals surface area contributed by atoms with E-state index in [1.54, 1.807) is 25.3 Å². The van der Waals surface area contributed by atoms with E-state index in [0.717, 1.165) is 4.85 Å². The molecule has 0 bridgehead atoms. The van der Waals surface area contributed by atoms with Gasteiger partial charge in [0, 0.05) is 6.20 Å². The molecule has 2 aromatic heterocycles. The molecule has 0 spiro atoms. The average molecular weight is 204 g/mol. The molecule has 0 atom stereocenters. The van der Waals surface area contributed by atoms with Crippen molar-refractivity contribution in [3.05, 3.63) is 42.0 Å². The number of hydrogen-bond donors (Lipinski definition) is 0. The second-order valence-corrected chi connectivity index (χ2v) is 2.82. The zero-order valence-electron chi connectivity index (χ0n) is 7.99. The Morgan fingerprint density at radius 1 is 1.47 bits per heavy atom. The maximum Gasteiger partial charge on any atom is 0.367 e. The van der Waals surface area contributed by atoms with Crippen molar-refractivity contribution in [3.63, 3.8) is 0 Å². The van der Waals surface area contributed by atoms with E-state index in [1.165, 1.54) is 12.4 Å². The summed E-state index contributed by atoms with van der Waals surface area (Å²) in [7, 11) is 0. The molecule has 0 unspecified atom stereocenters. The van der Waals surface area contributed by atoms with Crippen molar-refractivity contribution in [2.45, 2.75) is 6.92 Å². The van der Waals surface area contributed by atoms with Crippen molar-refractivity contribution in [2.75, 3.05) is 0 Å². The van der Waals surface area contributed by atoms with E-state index in [0.29, 0.717) is 11.3 Å². The quantitative estimate of drug-likeness (QED) is 0.656. The minimum Gasteiger partial charge on any atom is -0.312 e. The molecule has 0 N–H and O–H groups in total. The number of carbonyl (C=O) groups excluding carboxylic acids is 1. The lowest BCUT2D eigenvalue weighted by Gasteiger charge is -2.03. The SMILES string of the molecule is Cc1ncccc1C(=O)On1ccnn1. The summed E-state index contributed by atoms with van der Waals surface area (Å²) in [4.78, 5) is 21.4. The molecule has 0 fully saturated rings. The van der Waals surface area contributed by atoms with E-state index in [-0.39, 0.29) is 0 Å². The van der Waals surface area contributed by atoms with Gasteiger partial charge in [-0.1, -0.05) is 4.85 Å². The van der Waals surface area contributed by atoms with Crippen LogP contribution in [0.15, 0.2) is 30.7 Å². The van der Waals surface area contributed by atoms with E-state index < -0.39 is 5.97 Å². The number of pyridine rings is 1. The summed E-state index contributed by atoms with van der Waals surface area (Å²) in [6.45, 7) is 1.73. The van der Waals surface area contributed by atoms with Crippen molar-refractivity contribution < 1.29 is 9.63 Å². The third kappa shape index (κ3) is 1.98. The molecule has 6 heteroatoms. The van der Waals surface area contributed by atoms with Crippen LogP contribution in [0.4, 0.5) is 0 Å². The molecule has 0 amide bonds. The Morgan fingerprint density at radius 2 is 2.33 bits per heavy atom. The van der Waals surface area contributed by atoms with Crippen LogP contribution in [0, 0.1) is 6.92 Å². The molecule has 0 radical (unpaired) electrons. The molecule has 0 aliphatic carbocycles. The van der Waals surface area contributed by atoms with Crippen LogP contribution in [0.5, 0.6) is 0 Å². The molecule has 0 saturated heterocycles. The Morgan fingerprint density at radius 3 is 3.00 bits per heavy atom. The van der Waals surface area contributed by atoms with Gasteiger partial charge >= 0.3 is 5.97 Å². The number of rotatable bonds is 2. The Hall–Kier alpha value is -2.24. The van der Waals surface area contributed by atoms with Gasteiger partial charge in [0.15, 0.2) is 0 Å². The van der Waals surface area contributed by atoms with Crippen molar-refractivity contribution in [1.82, 2.24) is 20.1 Å². The van der Waals surface area contributed by atoms with E-state index in [1.807, 2.05) is 0 Å². The highest BCUT2D eigenvalue weighted by Crippen LogP contribution is 2.03. The van der Waals surface area contributed by atoms with Crippen LogP contribution in [0.25, 0.3) is 0 Å². The number of nitrogens with zero attached hydrogens (tertiary/aromatic N) is 4. The lowest BCUT2D eigenvalue weighted by molar-refractivity contribution is 0.0382. The van der Waals surface area contributed by atoms with Crippen molar-refractivity contribution in [3.8, 4) is 0 Å². The molecule has 0 saturated carbocycles. The van der Waals surface area contributed by atoms with Crippen molar-refractivity contribution in [2.24, 2.45) is 0 Å². The Balaban J connectivity index is 2.19. The predicted octanol–water partition coefficient (Wildman–Crippen LogP) is 0.251. The summed E-state index contributed by atoms with van der Waals surface area (Å²) in [5, 5.41) is 7.03. The first-order valence-electron chi connectivity index (χ1n) is 4.28. The molecule has 6 nitrogen and oxygen atoms in total. The Bertz CT molecular complexity index is 467. The first-order valence-corrected chi connectivity index (χ1v) is 4.28. The van der Waals surface area contributed by atoms with Crippen LogP contribution in [-0.2, 0) is 0 Å². The molecule has 2 aromatic rings. The first kappa shape index (κ1) is 9.32. The molecule has 0 aliphatic heterocycles. The molecular weight excluding hydrogens is 196 g/mol. The number of carbonyl (C=O) groups is 1. The number of aromatic nitrogens is 4. The second-order valence-electron chi connectivity index (χ2n) is 2.82. The highest BCUT2D eigenvalue weighted by atomic mass is 16.7. The predicted molar refractivity (Wildman–Crippen MR) is 49.9 cm³/mol.